The summed E-state index contributed by atoms with van der Waals surface area (Å²) in [5.41, 5.74) is 0.476. The van der Waals surface area contributed by atoms with Crippen LogP contribution in [0.5, 0.6) is 0 Å². The molecule has 1 amide bonds. The van der Waals surface area contributed by atoms with Gasteiger partial charge in [-0.1, -0.05) is 20.8 Å². The summed E-state index contributed by atoms with van der Waals surface area (Å²) in [5, 5.41) is 3.28. The highest BCUT2D eigenvalue weighted by Crippen LogP contribution is 2.45. The average molecular weight is 379 g/mol. The van der Waals surface area contributed by atoms with Crippen LogP contribution in [0.25, 0.3) is 0 Å². The van der Waals surface area contributed by atoms with Crippen LogP contribution in [-0.2, 0) is 4.79 Å². The SMILES string of the molecule is CCC(C)N1CCN(CCN2CCC3(CCC(NC(=O)C(C)C)C3)C2)CC1. The van der Waals surface area contributed by atoms with Gasteiger partial charge >= 0.3 is 0 Å². The molecule has 3 aliphatic rings. The Bertz CT molecular complexity index is 489. The van der Waals surface area contributed by atoms with Crippen LogP contribution >= 0.6 is 0 Å². The third-order valence-corrected chi connectivity index (χ3v) is 7.44. The maximum absolute atomic E-state index is 12.0. The average Bonchev–Trinajstić information content (AvgIpc) is 3.26. The largest absolute Gasteiger partial charge is 0.353 e. The second-order valence-corrected chi connectivity index (χ2v) is 9.76. The number of carbonyl (C=O) groups excluding carboxylic acids is 1. The molecule has 1 spiro atoms. The van der Waals surface area contributed by atoms with E-state index in [2.05, 4.69) is 33.9 Å². The van der Waals surface area contributed by atoms with Gasteiger partial charge in [0.1, 0.15) is 0 Å². The zero-order valence-corrected chi connectivity index (χ0v) is 18.2. The Kier molecular flexibility index (Phi) is 7.20. The Morgan fingerprint density at radius 1 is 1.04 bits per heavy atom. The molecule has 2 aliphatic heterocycles. The second kappa shape index (κ2) is 9.23. The summed E-state index contributed by atoms with van der Waals surface area (Å²) in [6, 6.07) is 1.14. The normalized spacial score (nSPS) is 31.8. The summed E-state index contributed by atoms with van der Waals surface area (Å²) in [4.78, 5) is 20.0. The van der Waals surface area contributed by atoms with Gasteiger partial charge in [0.2, 0.25) is 5.91 Å². The third-order valence-electron chi connectivity index (χ3n) is 7.44. The first-order valence-corrected chi connectivity index (χ1v) is 11.4. The molecule has 0 aromatic heterocycles. The highest BCUT2D eigenvalue weighted by molar-refractivity contribution is 5.78. The Morgan fingerprint density at radius 2 is 1.74 bits per heavy atom. The van der Waals surface area contributed by atoms with E-state index in [0.717, 1.165) is 6.04 Å². The molecule has 27 heavy (non-hydrogen) atoms. The van der Waals surface area contributed by atoms with E-state index in [0.29, 0.717) is 11.5 Å². The predicted octanol–water partition coefficient (Wildman–Crippen LogP) is 2.42. The van der Waals surface area contributed by atoms with Crippen molar-refractivity contribution in [2.24, 2.45) is 11.3 Å². The number of nitrogens with one attached hydrogen (secondary N) is 1. The van der Waals surface area contributed by atoms with Gasteiger partial charge in [-0.15, -0.1) is 0 Å². The number of hydrogen-bond donors (Lipinski definition) is 1. The van der Waals surface area contributed by atoms with Gasteiger partial charge in [0, 0.05) is 63.8 Å². The van der Waals surface area contributed by atoms with E-state index in [1.807, 2.05) is 13.8 Å². The molecule has 1 aliphatic carbocycles. The standard InChI is InChI=1S/C22H42N4O/c1-5-19(4)26-14-12-24(13-15-26)10-11-25-9-8-22(17-25)7-6-20(16-22)23-21(27)18(2)3/h18-20H,5-17H2,1-4H3,(H,23,27). The lowest BCUT2D eigenvalue weighted by molar-refractivity contribution is -0.124. The Hall–Kier alpha value is -0.650. The summed E-state index contributed by atoms with van der Waals surface area (Å²) in [5.74, 6) is 0.325. The number of piperazine rings is 1. The highest BCUT2D eigenvalue weighted by Gasteiger charge is 2.44. The number of likely N-dealkylation sites (tertiary alicyclic amines) is 1. The van der Waals surface area contributed by atoms with Gasteiger partial charge in [0.15, 0.2) is 0 Å². The zero-order chi connectivity index (χ0) is 19.4. The highest BCUT2D eigenvalue weighted by atomic mass is 16.1. The molecule has 3 rings (SSSR count). The van der Waals surface area contributed by atoms with Crippen molar-refractivity contribution in [2.75, 3.05) is 52.4 Å². The lowest BCUT2D eigenvalue weighted by atomic mass is 9.85. The maximum Gasteiger partial charge on any atom is 0.222 e. The molecule has 2 saturated heterocycles. The van der Waals surface area contributed by atoms with Gasteiger partial charge in [0.05, 0.1) is 0 Å². The van der Waals surface area contributed by atoms with Crippen molar-refractivity contribution < 1.29 is 4.79 Å². The molecule has 0 radical (unpaired) electrons. The van der Waals surface area contributed by atoms with Crippen LogP contribution in [-0.4, -0.2) is 85.0 Å². The van der Waals surface area contributed by atoms with Gasteiger partial charge < -0.3 is 10.2 Å². The molecule has 5 nitrogen and oxygen atoms in total. The molecule has 3 unspecified atom stereocenters. The molecule has 3 atom stereocenters. The molecular formula is C22H42N4O. The number of amides is 1. The van der Waals surface area contributed by atoms with Gasteiger partial charge in [-0.2, -0.15) is 0 Å². The molecule has 1 saturated carbocycles. The van der Waals surface area contributed by atoms with Crippen molar-refractivity contribution in [2.45, 2.75) is 71.9 Å². The van der Waals surface area contributed by atoms with Crippen LogP contribution in [0.2, 0.25) is 0 Å². The van der Waals surface area contributed by atoms with Crippen molar-refractivity contribution >= 4 is 5.91 Å². The van der Waals surface area contributed by atoms with Crippen molar-refractivity contribution in [3.8, 4) is 0 Å². The first-order valence-electron chi connectivity index (χ1n) is 11.4. The fourth-order valence-electron chi connectivity index (χ4n) is 5.26. The van der Waals surface area contributed by atoms with E-state index in [1.54, 1.807) is 0 Å². The smallest absolute Gasteiger partial charge is 0.222 e. The quantitative estimate of drug-likeness (QED) is 0.738. The summed E-state index contributed by atoms with van der Waals surface area (Å²) in [7, 11) is 0. The molecule has 0 aromatic rings. The summed E-state index contributed by atoms with van der Waals surface area (Å²) < 4.78 is 0. The molecule has 5 heteroatoms. The van der Waals surface area contributed by atoms with Crippen LogP contribution in [0, 0.1) is 11.3 Å². The van der Waals surface area contributed by atoms with E-state index in [1.165, 1.54) is 84.5 Å². The van der Waals surface area contributed by atoms with Crippen LogP contribution in [0.3, 0.4) is 0 Å². The van der Waals surface area contributed by atoms with E-state index in [-0.39, 0.29) is 11.8 Å². The number of rotatable bonds is 7. The van der Waals surface area contributed by atoms with Crippen molar-refractivity contribution in [3.05, 3.63) is 0 Å². The van der Waals surface area contributed by atoms with Gasteiger partial charge in [-0.3, -0.25) is 14.6 Å². The Balaban J connectivity index is 1.36. The van der Waals surface area contributed by atoms with Crippen molar-refractivity contribution in [3.63, 3.8) is 0 Å². The third kappa shape index (κ3) is 5.45. The number of carbonyl (C=O) groups is 1. The fraction of sp³-hybridized carbons (Fsp3) is 0.955. The van der Waals surface area contributed by atoms with E-state index >= 15 is 0 Å². The van der Waals surface area contributed by atoms with Gasteiger partial charge in [-0.25, -0.2) is 0 Å². The molecular weight excluding hydrogens is 336 g/mol. The van der Waals surface area contributed by atoms with Crippen molar-refractivity contribution in [1.82, 2.24) is 20.0 Å². The molecule has 0 bridgehead atoms. The molecule has 156 valence electrons. The zero-order valence-electron chi connectivity index (χ0n) is 18.2. The van der Waals surface area contributed by atoms with E-state index in [4.69, 9.17) is 0 Å². The monoisotopic (exact) mass is 378 g/mol. The fourth-order valence-corrected chi connectivity index (χ4v) is 5.26. The minimum absolute atomic E-state index is 0.0995. The van der Waals surface area contributed by atoms with Crippen LogP contribution in [0.15, 0.2) is 0 Å². The predicted molar refractivity (Wildman–Crippen MR) is 112 cm³/mol. The first-order chi connectivity index (χ1) is 12.9. The van der Waals surface area contributed by atoms with Gasteiger partial charge in [0.25, 0.3) is 0 Å². The second-order valence-electron chi connectivity index (χ2n) is 9.76. The molecule has 2 heterocycles. The molecule has 0 aromatic carbocycles. The Morgan fingerprint density at radius 3 is 2.41 bits per heavy atom. The number of hydrogen-bond acceptors (Lipinski definition) is 4. The van der Waals surface area contributed by atoms with E-state index in [9.17, 15) is 4.79 Å². The first kappa shape index (κ1) is 21.1. The summed E-state index contributed by atoms with van der Waals surface area (Å²) >= 11 is 0. The van der Waals surface area contributed by atoms with Gasteiger partial charge in [-0.05, 0) is 51.0 Å². The minimum atomic E-state index is 0.0995. The Labute approximate surface area is 166 Å². The topological polar surface area (TPSA) is 38.8 Å². The maximum atomic E-state index is 12.0. The molecule has 3 fully saturated rings. The van der Waals surface area contributed by atoms with E-state index < -0.39 is 0 Å². The number of nitrogens with zero attached hydrogens (tertiary/aromatic N) is 3. The minimum Gasteiger partial charge on any atom is -0.353 e. The van der Waals surface area contributed by atoms with Crippen LogP contribution < -0.4 is 5.32 Å². The lowest BCUT2D eigenvalue weighted by Gasteiger charge is -2.38. The van der Waals surface area contributed by atoms with Crippen LogP contribution in [0.1, 0.15) is 59.8 Å². The lowest BCUT2D eigenvalue weighted by Crippen LogP contribution is -2.50. The summed E-state index contributed by atoms with van der Waals surface area (Å²) in [6.07, 6.45) is 6.23. The van der Waals surface area contributed by atoms with Crippen LogP contribution in [0.4, 0.5) is 0 Å². The summed E-state index contributed by atoms with van der Waals surface area (Å²) in [6.45, 7) is 18.5. The van der Waals surface area contributed by atoms with Crippen molar-refractivity contribution in [1.29, 1.82) is 0 Å². The molecule has 1 N–H and O–H groups in total.